The van der Waals surface area contributed by atoms with Crippen molar-refractivity contribution in [2.75, 3.05) is 71.7 Å². The topological polar surface area (TPSA) is 86.3 Å². The molecular formula is C28H35BrN2O6. The first kappa shape index (κ1) is 27.6. The number of halogens is 1. The maximum Gasteiger partial charge on any atom is 0.163 e. The summed E-state index contributed by atoms with van der Waals surface area (Å²) in [4.78, 5) is 25.4. The molecule has 2 saturated heterocycles. The Bertz CT molecular complexity index is 1100. The van der Waals surface area contributed by atoms with Gasteiger partial charge in [0.05, 0.1) is 50.8 Å². The number of rotatable bonds is 3. The highest BCUT2D eigenvalue weighted by molar-refractivity contribution is 9.10. The molecule has 0 amide bonds. The SMILES string of the molecule is C1COCCN1.COc1cc2c(cc1Br)CCC2=O.COc1cc2c(cc1N1CCOCC1)CCC2=O. The predicted octanol–water partition coefficient (Wildman–Crippen LogP) is 3.85. The van der Waals surface area contributed by atoms with Crippen molar-refractivity contribution in [3.05, 3.63) is 51.0 Å². The van der Waals surface area contributed by atoms with E-state index in [0.29, 0.717) is 12.8 Å². The second-order valence-electron chi connectivity index (χ2n) is 9.13. The summed E-state index contributed by atoms with van der Waals surface area (Å²) in [5.74, 6) is 1.98. The van der Waals surface area contributed by atoms with Crippen molar-refractivity contribution in [3.8, 4) is 11.5 Å². The molecule has 2 aromatic carbocycles. The third kappa shape index (κ3) is 6.90. The molecule has 4 aliphatic rings. The Morgan fingerprint density at radius 2 is 1.30 bits per heavy atom. The van der Waals surface area contributed by atoms with Crippen LogP contribution in [0.4, 0.5) is 5.69 Å². The number of aryl methyl sites for hydroxylation is 2. The van der Waals surface area contributed by atoms with Gasteiger partial charge < -0.3 is 29.2 Å². The molecule has 200 valence electrons. The van der Waals surface area contributed by atoms with Crippen LogP contribution in [0, 0.1) is 0 Å². The van der Waals surface area contributed by atoms with Gasteiger partial charge in [-0.25, -0.2) is 0 Å². The number of anilines is 1. The number of methoxy groups -OCH3 is 2. The maximum atomic E-state index is 11.7. The average molecular weight is 576 g/mol. The van der Waals surface area contributed by atoms with Gasteiger partial charge in [0.15, 0.2) is 11.6 Å². The van der Waals surface area contributed by atoms with Gasteiger partial charge in [-0.2, -0.15) is 0 Å². The highest BCUT2D eigenvalue weighted by Crippen LogP contribution is 2.36. The van der Waals surface area contributed by atoms with Crippen molar-refractivity contribution in [2.45, 2.75) is 25.7 Å². The molecule has 1 N–H and O–H groups in total. The normalized spacial score (nSPS) is 18.2. The fraction of sp³-hybridized carbons (Fsp3) is 0.500. The van der Waals surface area contributed by atoms with Gasteiger partial charge in [0, 0.05) is 50.1 Å². The van der Waals surface area contributed by atoms with E-state index in [2.05, 4.69) is 32.2 Å². The molecule has 2 fully saturated rings. The number of nitrogens with one attached hydrogen (secondary N) is 1. The first-order chi connectivity index (χ1) is 18.0. The molecule has 9 heteroatoms. The zero-order valence-corrected chi connectivity index (χ0v) is 23.2. The molecule has 8 nitrogen and oxygen atoms in total. The van der Waals surface area contributed by atoms with Crippen molar-refractivity contribution in [3.63, 3.8) is 0 Å². The van der Waals surface area contributed by atoms with Crippen LogP contribution in [-0.4, -0.2) is 78.4 Å². The van der Waals surface area contributed by atoms with Crippen molar-refractivity contribution in [1.82, 2.24) is 5.32 Å². The number of fused-ring (bicyclic) bond motifs is 2. The Labute approximate surface area is 226 Å². The zero-order valence-electron chi connectivity index (χ0n) is 21.6. The Morgan fingerprint density at radius 1 is 0.757 bits per heavy atom. The van der Waals surface area contributed by atoms with Gasteiger partial charge in [-0.05, 0) is 64.2 Å². The molecular weight excluding hydrogens is 540 g/mol. The van der Waals surface area contributed by atoms with Crippen LogP contribution in [0.5, 0.6) is 11.5 Å². The van der Waals surface area contributed by atoms with Gasteiger partial charge >= 0.3 is 0 Å². The number of ketones is 2. The van der Waals surface area contributed by atoms with E-state index in [0.717, 1.165) is 109 Å². The molecule has 2 heterocycles. The van der Waals surface area contributed by atoms with E-state index in [4.69, 9.17) is 18.9 Å². The average Bonchev–Trinajstić information content (AvgIpc) is 3.50. The molecule has 0 aromatic heterocycles. The summed E-state index contributed by atoms with van der Waals surface area (Å²) in [6, 6.07) is 7.80. The summed E-state index contributed by atoms with van der Waals surface area (Å²) in [6.07, 6.45) is 2.98. The number of Topliss-reactive ketones (excluding diaryl/α,β-unsaturated/α-hetero) is 2. The molecule has 37 heavy (non-hydrogen) atoms. The third-order valence-electron chi connectivity index (χ3n) is 6.82. The van der Waals surface area contributed by atoms with Gasteiger partial charge in [-0.15, -0.1) is 0 Å². The first-order valence-corrected chi connectivity index (χ1v) is 13.6. The van der Waals surface area contributed by atoms with E-state index in [9.17, 15) is 9.59 Å². The van der Waals surface area contributed by atoms with Crippen LogP contribution in [0.25, 0.3) is 0 Å². The lowest BCUT2D eigenvalue weighted by molar-refractivity contribution is 0.0986. The lowest BCUT2D eigenvalue weighted by atomic mass is 10.1. The van der Waals surface area contributed by atoms with E-state index in [1.807, 2.05) is 18.2 Å². The Hall–Kier alpha value is -2.46. The van der Waals surface area contributed by atoms with Gasteiger partial charge in [0.1, 0.15) is 11.5 Å². The number of carbonyl (C=O) groups excluding carboxylic acids is 2. The van der Waals surface area contributed by atoms with Gasteiger partial charge in [-0.1, -0.05) is 0 Å². The van der Waals surface area contributed by atoms with E-state index >= 15 is 0 Å². The molecule has 0 atom stereocenters. The number of carbonyl (C=O) groups is 2. The summed E-state index contributed by atoms with van der Waals surface area (Å²) in [6.45, 7) is 7.09. The Balaban J connectivity index is 0.000000146. The fourth-order valence-corrected chi connectivity index (χ4v) is 5.34. The number of morpholine rings is 2. The van der Waals surface area contributed by atoms with Crippen LogP contribution < -0.4 is 19.7 Å². The molecule has 6 rings (SSSR count). The highest BCUT2D eigenvalue weighted by Gasteiger charge is 2.25. The second-order valence-corrected chi connectivity index (χ2v) is 9.99. The fourth-order valence-electron chi connectivity index (χ4n) is 4.79. The van der Waals surface area contributed by atoms with E-state index in [1.165, 1.54) is 0 Å². The van der Waals surface area contributed by atoms with Crippen LogP contribution in [-0.2, 0) is 22.3 Å². The first-order valence-electron chi connectivity index (χ1n) is 12.8. The molecule has 0 unspecified atom stereocenters. The summed E-state index contributed by atoms with van der Waals surface area (Å²) in [5, 5.41) is 3.16. The van der Waals surface area contributed by atoms with Crippen LogP contribution in [0.15, 0.2) is 28.7 Å². The van der Waals surface area contributed by atoms with Crippen molar-refractivity contribution < 1.29 is 28.5 Å². The maximum absolute atomic E-state index is 11.7. The molecule has 2 aliphatic carbocycles. The molecule has 2 aromatic rings. The van der Waals surface area contributed by atoms with Gasteiger partial charge in [0.2, 0.25) is 0 Å². The molecule has 2 aliphatic heterocycles. The lowest BCUT2D eigenvalue weighted by Crippen LogP contribution is -2.36. The van der Waals surface area contributed by atoms with E-state index in [1.54, 1.807) is 14.2 Å². The number of nitrogens with zero attached hydrogens (tertiary/aromatic N) is 1. The minimum atomic E-state index is 0.223. The van der Waals surface area contributed by atoms with Crippen molar-refractivity contribution in [2.24, 2.45) is 0 Å². The van der Waals surface area contributed by atoms with Crippen molar-refractivity contribution in [1.29, 1.82) is 0 Å². The lowest BCUT2D eigenvalue weighted by Gasteiger charge is -2.30. The Morgan fingerprint density at radius 3 is 1.81 bits per heavy atom. The quantitative estimate of drug-likeness (QED) is 0.591. The second kappa shape index (κ2) is 13.4. The summed E-state index contributed by atoms with van der Waals surface area (Å²) >= 11 is 3.39. The predicted molar refractivity (Wildman–Crippen MR) is 146 cm³/mol. The summed E-state index contributed by atoms with van der Waals surface area (Å²) in [7, 11) is 3.26. The van der Waals surface area contributed by atoms with Crippen LogP contribution >= 0.6 is 15.9 Å². The minimum absolute atomic E-state index is 0.223. The molecule has 0 radical (unpaired) electrons. The van der Waals surface area contributed by atoms with Crippen LogP contribution in [0.3, 0.4) is 0 Å². The van der Waals surface area contributed by atoms with Crippen molar-refractivity contribution >= 4 is 33.2 Å². The molecule has 0 spiro atoms. The summed E-state index contributed by atoms with van der Waals surface area (Å²) in [5.41, 5.74) is 5.03. The van der Waals surface area contributed by atoms with E-state index in [-0.39, 0.29) is 11.6 Å². The number of ether oxygens (including phenoxy) is 4. The van der Waals surface area contributed by atoms with Crippen LogP contribution in [0.1, 0.15) is 44.7 Å². The van der Waals surface area contributed by atoms with Crippen LogP contribution in [0.2, 0.25) is 0 Å². The number of benzene rings is 2. The standard InChI is InChI=1S/C14H17NO3.C10H9BrO2.C4H9NO/c1-17-14-9-11-10(2-3-13(11)16)8-12(14)15-4-6-18-7-5-15;1-13-10-5-7-6(4-8(10)11)2-3-9(7)12;1-3-6-4-2-5-1/h8-9H,2-7H2,1H3;4-5H,2-3H2,1H3;5H,1-4H2. The number of hydrogen-bond donors (Lipinski definition) is 1. The largest absolute Gasteiger partial charge is 0.496 e. The third-order valence-corrected chi connectivity index (χ3v) is 7.44. The molecule has 0 bridgehead atoms. The zero-order chi connectivity index (χ0) is 26.2. The number of hydrogen-bond acceptors (Lipinski definition) is 8. The highest BCUT2D eigenvalue weighted by atomic mass is 79.9. The van der Waals surface area contributed by atoms with Gasteiger partial charge in [-0.3, -0.25) is 9.59 Å². The summed E-state index contributed by atoms with van der Waals surface area (Å²) < 4.78 is 21.9. The smallest absolute Gasteiger partial charge is 0.163 e. The monoisotopic (exact) mass is 574 g/mol. The molecule has 0 saturated carbocycles. The van der Waals surface area contributed by atoms with Gasteiger partial charge in [0.25, 0.3) is 0 Å². The van der Waals surface area contributed by atoms with E-state index < -0.39 is 0 Å². The Kier molecular flexibility index (Phi) is 9.96. The minimum Gasteiger partial charge on any atom is -0.496 e.